The quantitative estimate of drug-likeness (QED) is 0.760. The Balaban J connectivity index is 2.35. The van der Waals surface area contributed by atoms with Gasteiger partial charge in [-0.25, -0.2) is 0 Å². The van der Waals surface area contributed by atoms with Gasteiger partial charge in [0.2, 0.25) is 0 Å². The van der Waals surface area contributed by atoms with E-state index in [4.69, 9.17) is 10.00 Å². The third-order valence-corrected chi connectivity index (χ3v) is 3.05. The minimum Gasteiger partial charge on any atom is -0.497 e. The monoisotopic (exact) mass is 215 g/mol. The zero-order valence-corrected chi connectivity index (χ0v) is 9.19. The van der Waals surface area contributed by atoms with Crippen molar-refractivity contribution in [1.82, 2.24) is 0 Å². The summed E-state index contributed by atoms with van der Waals surface area (Å²) >= 11 is 0. The molecule has 0 amide bonds. The molecule has 3 nitrogen and oxygen atoms in total. The maximum absolute atomic E-state index is 12.1. The van der Waals surface area contributed by atoms with E-state index in [9.17, 15) is 4.79 Å². The van der Waals surface area contributed by atoms with Crippen molar-refractivity contribution in [2.24, 2.45) is 5.92 Å². The number of ketones is 1. The number of carbonyl (C=O) groups is 1. The second-order valence-electron chi connectivity index (χ2n) is 3.99. The van der Waals surface area contributed by atoms with Gasteiger partial charge in [-0.2, -0.15) is 5.26 Å². The van der Waals surface area contributed by atoms with Crippen molar-refractivity contribution in [3.8, 4) is 11.8 Å². The Bertz CT molecular complexity index is 459. The number of benzene rings is 1. The third kappa shape index (κ3) is 1.79. The lowest BCUT2D eigenvalue weighted by Gasteiger charge is -2.21. The highest BCUT2D eigenvalue weighted by molar-refractivity contribution is 6.00. The van der Waals surface area contributed by atoms with E-state index in [0.29, 0.717) is 12.2 Å². The molecule has 0 saturated heterocycles. The zero-order valence-electron chi connectivity index (χ0n) is 9.19. The highest BCUT2D eigenvalue weighted by atomic mass is 16.5. The maximum Gasteiger partial charge on any atom is 0.167 e. The molecular weight excluding hydrogens is 202 g/mol. The van der Waals surface area contributed by atoms with Crippen LogP contribution in [-0.4, -0.2) is 12.9 Å². The van der Waals surface area contributed by atoms with Crippen molar-refractivity contribution < 1.29 is 9.53 Å². The number of nitrogens with zero attached hydrogens (tertiary/aromatic N) is 1. The van der Waals surface area contributed by atoms with Crippen LogP contribution >= 0.6 is 0 Å². The van der Waals surface area contributed by atoms with Crippen LogP contribution < -0.4 is 4.74 Å². The molecule has 1 aliphatic carbocycles. The van der Waals surface area contributed by atoms with Crippen LogP contribution in [0.4, 0.5) is 0 Å². The molecule has 1 aliphatic rings. The van der Waals surface area contributed by atoms with Gasteiger partial charge in [0.15, 0.2) is 5.78 Å². The predicted molar refractivity (Wildman–Crippen MR) is 59.4 cm³/mol. The summed E-state index contributed by atoms with van der Waals surface area (Å²) in [5.74, 6) is 0.649. The number of ether oxygens (including phenoxy) is 1. The van der Waals surface area contributed by atoms with E-state index in [-0.39, 0.29) is 11.7 Å². The van der Waals surface area contributed by atoms with Crippen LogP contribution in [0.5, 0.6) is 5.75 Å². The number of nitriles is 1. The number of aryl methyl sites for hydroxylation is 1. The topological polar surface area (TPSA) is 50.1 Å². The number of carbonyl (C=O) groups excluding carboxylic acids is 1. The molecule has 1 unspecified atom stereocenters. The standard InChI is InChI=1S/C13H13NO2/c1-16-11-5-4-9-2-3-10(6-7-14)13(15)12(9)8-11/h4-5,8,10H,2-3,6H2,1H3. The smallest absolute Gasteiger partial charge is 0.167 e. The van der Waals surface area contributed by atoms with E-state index in [0.717, 1.165) is 24.0 Å². The largest absolute Gasteiger partial charge is 0.497 e. The summed E-state index contributed by atoms with van der Waals surface area (Å²) in [5, 5.41) is 8.66. The van der Waals surface area contributed by atoms with E-state index >= 15 is 0 Å². The average molecular weight is 215 g/mol. The molecule has 0 fully saturated rings. The van der Waals surface area contributed by atoms with E-state index in [2.05, 4.69) is 6.07 Å². The van der Waals surface area contributed by atoms with Crippen LogP contribution in [0.1, 0.15) is 28.8 Å². The summed E-state index contributed by atoms with van der Waals surface area (Å²) < 4.78 is 5.11. The van der Waals surface area contributed by atoms with Crippen molar-refractivity contribution >= 4 is 5.78 Å². The maximum atomic E-state index is 12.1. The molecule has 0 saturated carbocycles. The van der Waals surface area contributed by atoms with E-state index in [1.807, 2.05) is 12.1 Å². The molecule has 0 heterocycles. The molecule has 1 atom stereocenters. The lowest BCUT2D eigenvalue weighted by molar-refractivity contribution is 0.0904. The van der Waals surface area contributed by atoms with Gasteiger partial charge in [0.1, 0.15) is 5.75 Å². The molecule has 0 spiro atoms. The van der Waals surface area contributed by atoms with Crippen molar-refractivity contribution in [2.45, 2.75) is 19.3 Å². The number of Topliss-reactive ketones (excluding diaryl/α,β-unsaturated/α-hetero) is 1. The van der Waals surface area contributed by atoms with Crippen molar-refractivity contribution in [3.05, 3.63) is 29.3 Å². The van der Waals surface area contributed by atoms with Crippen molar-refractivity contribution in [1.29, 1.82) is 5.26 Å². The second kappa shape index (κ2) is 4.36. The summed E-state index contributed by atoms with van der Waals surface area (Å²) in [6, 6.07) is 7.67. The second-order valence-corrected chi connectivity index (χ2v) is 3.99. The van der Waals surface area contributed by atoms with Crippen molar-refractivity contribution in [2.75, 3.05) is 7.11 Å². The van der Waals surface area contributed by atoms with Gasteiger partial charge >= 0.3 is 0 Å². The highest BCUT2D eigenvalue weighted by Gasteiger charge is 2.27. The van der Waals surface area contributed by atoms with Crippen LogP contribution in [0.3, 0.4) is 0 Å². The molecule has 3 heteroatoms. The van der Waals surface area contributed by atoms with Crippen LogP contribution in [0.25, 0.3) is 0 Å². The van der Waals surface area contributed by atoms with Gasteiger partial charge in [-0.15, -0.1) is 0 Å². The Labute approximate surface area is 94.6 Å². The van der Waals surface area contributed by atoms with Gasteiger partial charge in [0.05, 0.1) is 13.2 Å². The molecule has 0 bridgehead atoms. The summed E-state index contributed by atoms with van der Waals surface area (Å²) in [4.78, 5) is 12.1. The number of rotatable bonds is 2. The van der Waals surface area contributed by atoms with E-state index < -0.39 is 0 Å². The predicted octanol–water partition coefficient (Wildman–Crippen LogP) is 2.35. The van der Waals surface area contributed by atoms with Crippen molar-refractivity contribution in [3.63, 3.8) is 0 Å². The van der Waals surface area contributed by atoms with Gasteiger partial charge in [0, 0.05) is 17.9 Å². The first kappa shape index (κ1) is 10.7. The number of hydrogen-bond donors (Lipinski definition) is 0. The fourth-order valence-corrected chi connectivity index (χ4v) is 2.12. The molecule has 16 heavy (non-hydrogen) atoms. The first-order chi connectivity index (χ1) is 7.76. The van der Waals surface area contributed by atoms with Gasteiger partial charge in [-0.1, -0.05) is 6.07 Å². The van der Waals surface area contributed by atoms with Gasteiger partial charge in [-0.05, 0) is 30.5 Å². The molecule has 82 valence electrons. The van der Waals surface area contributed by atoms with Crippen LogP contribution in [0.15, 0.2) is 18.2 Å². The Kier molecular flexibility index (Phi) is 2.91. The lowest BCUT2D eigenvalue weighted by atomic mass is 9.81. The Morgan fingerprint density at radius 2 is 2.38 bits per heavy atom. The summed E-state index contributed by atoms with van der Waals surface area (Å²) in [5.41, 5.74) is 1.80. The zero-order chi connectivity index (χ0) is 11.5. The molecular formula is C13H13NO2. The minimum absolute atomic E-state index is 0.0849. The number of fused-ring (bicyclic) bond motifs is 1. The fraction of sp³-hybridized carbons (Fsp3) is 0.385. The van der Waals surface area contributed by atoms with E-state index in [1.54, 1.807) is 13.2 Å². The fourth-order valence-electron chi connectivity index (χ4n) is 2.12. The summed E-state index contributed by atoms with van der Waals surface area (Å²) in [6.45, 7) is 0. The van der Waals surface area contributed by atoms with Crippen LogP contribution in [0, 0.1) is 17.2 Å². The molecule has 2 rings (SSSR count). The number of hydrogen-bond acceptors (Lipinski definition) is 3. The van der Waals surface area contributed by atoms with Gasteiger partial charge in [-0.3, -0.25) is 4.79 Å². The van der Waals surface area contributed by atoms with E-state index in [1.165, 1.54) is 0 Å². The molecule has 1 aromatic carbocycles. The Hall–Kier alpha value is -1.82. The average Bonchev–Trinajstić information content (AvgIpc) is 2.33. The molecule has 0 radical (unpaired) electrons. The highest BCUT2D eigenvalue weighted by Crippen LogP contribution is 2.29. The Morgan fingerprint density at radius 3 is 3.06 bits per heavy atom. The van der Waals surface area contributed by atoms with Crippen LogP contribution in [0.2, 0.25) is 0 Å². The normalized spacial score (nSPS) is 18.8. The summed E-state index contributed by atoms with van der Waals surface area (Å²) in [6.07, 6.45) is 1.97. The SMILES string of the molecule is COc1ccc2c(c1)C(=O)C(CC#N)CC2. The van der Waals surface area contributed by atoms with Gasteiger partial charge in [0.25, 0.3) is 0 Å². The Morgan fingerprint density at radius 1 is 1.56 bits per heavy atom. The lowest BCUT2D eigenvalue weighted by Crippen LogP contribution is -2.22. The minimum atomic E-state index is -0.135. The van der Waals surface area contributed by atoms with Gasteiger partial charge < -0.3 is 4.74 Å². The molecule has 0 aliphatic heterocycles. The summed E-state index contributed by atoms with van der Waals surface area (Å²) in [7, 11) is 1.59. The molecule has 1 aromatic rings. The third-order valence-electron chi connectivity index (χ3n) is 3.05. The first-order valence-corrected chi connectivity index (χ1v) is 5.34. The molecule has 0 aromatic heterocycles. The van der Waals surface area contributed by atoms with Crippen LogP contribution in [-0.2, 0) is 6.42 Å². The number of methoxy groups -OCH3 is 1. The molecule has 0 N–H and O–H groups in total. The first-order valence-electron chi connectivity index (χ1n) is 5.34.